The fourth-order valence-electron chi connectivity index (χ4n) is 2.39. The van der Waals surface area contributed by atoms with Crippen molar-refractivity contribution in [3.63, 3.8) is 0 Å². The van der Waals surface area contributed by atoms with Crippen LogP contribution in [-0.2, 0) is 18.0 Å². The Morgan fingerprint density at radius 3 is 2.72 bits per heavy atom. The normalized spacial score (nSPS) is 11.9. The molecule has 0 fully saturated rings. The molecule has 3 rings (SSSR count). The molecule has 3 aromatic heterocycles. The molecule has 6 nitrogen and oxygen atoms in total. The molecule has 0 aliphatic carbocycles. The fourth-order valence-corrected chi connectivity index (χ4v) is 2.39. The summed E-state index contributed by atoms with van der Waals surface area (Å²) in [5, 5.41) is 0. The Morgan fingerprint density at radius 1 is 1.20 bits per heavy atom. The number of ether oxygens (including phenoxy) is 2. The molecule has 0 radical (unpaired) electrons. The van der Waals surface area contributed by atoms with Crippen LogP contribution in [0, 0.1) is 0 Å². The van der Waals surface area contributed by atoms with Crippen molar-refractivity contribution in [1.29, 1.82) is 0 Å². The van der Waals surface area contributed by atoms with Gasteiger partial charge in [0.2, 0.25) is 0 Å². The number of alkyl halides is 3. The van der Waals surface area contributed by atoms with Gasteiger partial charge in [0.05, 0.1) is 23.9 Å². The van der Waals surface area contributed by atoms with Gasteiger partial charge in [-0.2, -0.15) is 13.2 Å². The van der Waals surface area contributed by atoms with Crippen molar-refractivity contribution in [1.82, 2.24) is 19.5 Å². The van der Waals surface area contributed by atoms with Gasteiger partial charge in [0.25, 0.3) is 0 Å². The summed E-state index contributed by atoms with van der Waals surface area (Å²) in [5.74, 6) is 0.908. The summed E-state index contributed by atoms with van der Waals surface area (Å²) in [6, 6.07) is 2.67. The van der Waals surface area contributed by atoms with Gasteiger partial charge in [-0.1, -0.05) is 0 Å². The highest BCUT2D eigenvalue weighted by Crippen LogP contribution is 2.33. The average molecular weight is 352 g/mol. The van der Waals surface area contributed by atoms with Crippen LogP contribution in [0.5, 0.6) is 5.75 Å². The highest BCUT2D eigenvalue weighted by Gasteiger charge is 2.31. The molecule has 0 atom stereocenters. The summed E-state index contributed by atoms with van der Waals surface area (Å²) in [6.07, 6.45) is -0.578. The van der Waals surface area contributed by atoms with Crippen molar-refractivity contribution in [2.45, 2.75) is 6.18 Å². The minimum absolute atomic E-state index is 0.159. The molecule has 0 amide bonds. The first-order valence-electron chi connectivity index (χ1n) is 7.37. The van der Waals surface area contributed by atoms with Gasteiger partial charge in [-0.3, -0.25) is 4.98 Å². The first-order valence-corrected chi connectivity index (χ1v) is 7.37. The maximum atomic E-state index is 12.9. The van der Waals surface area contributed by atoms with Crippen molar-refractivity contribution in [3.8, 4) is 17.1 Å². The first-order chi connectivity index (χ1) is 11.9. The molecule has 3 heterocycles. The third kappa shape index (κ3) is 3.41. The summed E-state index contributed by atoms with van der Waals surface area (Å²) in [6.45, 7) is 0.711. The number of aryl methyl sites for hydroxylation is 1. The summed E-state index contributed by atoms with van der Waals surface area (Å²) in [4.78, 5) is 12.2. The van der Waals surface area contributed by atoms with E-state index in [0.717, 1.165) is 12.3 Å². The fraction of sp³-hybridized carbons (Fsp3) is 0.312. The number of pyridine rings is 2. The number of hydrogen-bond acceptors (Lipinski definition) is 5. The minimum Gasteiger partial charge on any atom is -0.489 e. The smallest absolute Gasteiger partial charge is 0.417 e. The van der Waals surface area contributed by atoms with Crippen LogP contribution in [0.3, 0.4) is 0 Å². The third-order valence-corrected chi connectivity index (χ3v) is 3.61. The maximum Gasteiger partial charge on any atom is 0.417 e. The van der Waals surface area contributed by atoms with Gasteiger partial charge >= 0.3 is 6.18 Å². The van der Waals surface area contributed by atoms with E-state index in [2.05, 4.69) is 15.0 Å². The Labute approximate surface area is 141 Å². The lowest BCUT2D eigenvalue weighted by Gasteiger charge is -2.10. The average Bonchev–Trinajstić information content (AvgIpc) is 2.91. The lowest BCUT2D eigenvalue weighted by molar-refractivity contribution is -0.137. The number of hydrogen-bond donors (Lipinski definition) is 0. The van der Waals surface area contributed by atoms with E-state index in [-0.39, 0.29) is 5.52 Å². The van der Waals surface area contributed by atoms with E-state index in [1.165, 1.54) is 6.20 Å². The summed E-state index contributed by atoms with van der Waals surface area (Å²) in [5.41, 5.74) is 0.283. The molecular formula is C16H15F3N4O2. The van der Waals surface area contributed by atoms with E-state index < -0.39 is 11.7 Å². The van der Waals surface area contributed by atoms with Crippen LogP contribution in [0.25, 0.3) is 22.6 Å². The van der Waals surface area contributed by atoms with E-state index >= 15 is 0 Å². The highest BCUT2D eigenvalue weighted by atomic mass is 19.4. The minimum atomic E-state index is -4.47. The Kier molecular flexibility index (Phi) is 4.58. The van der Waals surface area contributed by atoms with Gasteiger partial charge in [-0.15, -0.1) is 0 Å². The lowest BCUT2D eigenvalue weighted by atomic mass is 10.2. The number of methoxy groups -OCH3 is 1. The Balaban J connectivity index is 2.06. The van der Waals surface area contributed by atoms with Crippen LogP contribution in [0.2, 0.25) is 0 Å². The number of imidazole rings is 1. The zero-order chi connectivity index (χ0) is 18.0. The molecule has 0 aromatic carbocycles. The second-order valence-electron chi connectivity index (χ2n) is 5.27. The zero-order valence-corrected chi connectivity index (χ0v) is 13.5. The van der Waals surface area contributed by atoms with Gasteiger partial charge in [0, 0.05) is 26.6 Å². The summed E-state index contributed by atoms with van der Waals surface area (Å²) in [7, 11) is 3.24. The molecule has 9 heteroatoms. The molecule has 0 unspecified atom stereocenters. The van der Waals surface area contributed by atoms with Crippen LogP contribution < -0.4 is 4.74 Å². The van der Waals surface area contributed by atoms with Gasteiger partial charge in [-0.05, 0) is 12.1 Å². The lowest BCUT2D eigenvalue weighted by Crippen LogP contribution is -2.06. The summed E-state index contributed by atoms with van der Waals surface area (Å²) >= 11 is 0. The van der Waals surface area contributed by atoms with Crippen LogP contribution in [0.4, 0.5) is 13.2 Å². The first kappa shape index (κ1) is 17.2. The molecule has 3 aromatic rings. The molecular weight excluding hydrogens is 337 g/mol. The van der Waals surface area contributed by atoms with E-state index in [1.807, 2.05) is 0 Å². The second kappa shape index (κ2) is 6.67. The quantitative estimate of drug-likeness (QED) is 0.661. The SMILES string of the molecule is COCCOc1cnccc1-c1nc2cc(C(F)(F)F)cnc2n1C. The molecule has 0 saturated heterocycles. The zero-order valence-electron chi connectivity index (χ0n) is 13.5. The van der Waals surface area contributed by atoms with Crippen molar-refractivity contribution in [3.05, 3.63) is 36.3 Å². The van der Waals surface area contributed by atoms with Crippen LogP contribution >= 0.6 is 0 Å². The van der Waals surface area contributed by atoms with Gasteiger partial charge < -0.3 is 14.0 Å². The molecule has 132 valence electrons. The number of rotatable bonds is 5. The Hall–Kier alpha value is -2.68. The van der Waals surface area contributed by atoms with Crippen LogP contribution in [-0.4, -0.2) is 39.8 Å². The van der Waals surface area contributed by atoms with Crippen molar-refractivity contribution >= 4 is 11.2 Å². The van der Waals surface area contributed by atoms with Crippen LogP contribution in [0.15, 0.2) is 30.7 Å². The molecule has 0 aliphatic heterocycles. The molecule has 25 heavy (non-hydrogen) atoms. The number of aromatic nitrogens is 4. The maximum absolute atomic E-state index is 12.9. The Morgan fingerprint density at radius 2 is 2.00 bits per heavy atom. The molecule has 0 spiro atoms. The Bertz CT molecular complexity index is 893. The number of nitrogens with zero attached hydrogens (tertiary/aromatic N) is 4. The molecule has 0 saturated carbocycles. The van der Waals surface area contributed by atoms with Crippen molar-refractivity contribution in [2.24, 2.45) is 7.05 Å². The highest BCUT2D eigenvalue weighted by molar-refractivity contribution is 5.79. The van der Waals surface area contributed by atoms with Gasteiger partial charge in [0.1, 0.15) is 23.7 Å². The summed E-state index contributed by atoms with van der Waals surface area (Å²) < 4.78 is 50.8. The predicted octanol–water partition coefficient (Wildman–Crippen LogP) is 3.07. The van der Waals surface area contributed by atoms with E-state index in [4.69, 9.17) is 9.47 Å². The third-order valence-electron chi connectivity index (χ3n) is 3.61. The van der Waals surface area contributed by atoms with Crippen molar-refractivity contribution < 1.29 is 22.6 Å². The van der Waals surface area contributed by atoms with E-state index in [1.54, 1.807) is 31.0 Å². The van der Waals surface area contributed by atoms with Gasteiger partial charge in [0.15, 0.2) is 5.65 Å². The van der Waals surface area contributed by atoms with Crippen molar-refractivity contribution in [2.75, 3.05) is 20.3 Å². The van der Waals surface area contributed by atoms with E-state index in [0.29, 0.717) is 36.0 Å². The molecule has 0 bridgehead atoms. The monoisotopic (exact) mass is 352 g/mol. The topological polar surface area (TPSA) is 62.1 Å². The number of fused-ring (bicyclic) bond motifs is 1. The van der Waals surface area contributed by atoms with Gasteiger partial charge in [-0.25, -0.2) is 9.97 Å². The molecule has 0 aliphatic rings. The standard InChI is InChI=1S/C16H15F3N4O2/c1-23-14(11-3-4-20-9-13(11)25-6-5-24-2)22-12-7-10(16(17,18)19)8-21-15(12)23/h3-4,7-9H,5-6H2,1-2H3. The van der Waals surface area contributed by atoms with E-state index in [9.17, 15) is 13.2 Å². The molecule has 0 N–H and O–H groups in total. The number of halogens is 3. The largest absolute Gasteiger partial charge is 0.489 e. The van der Waals surface area contributed by atoms with Crippen LogP contribution in [0.1, 0.15) is 5.56 Å². The predicted molar refractivity (Wildman–Crippen MR) is 84.1 cm³/mol. The second-order valence-corrected chi connectivity index (χ2v) is 5.27.